The summed E-state index contributed by atoms with van der Waals surface area (Å²) in [6.07, 6.45) is 0.268. The first-order valence-corrected chi connectivity index (χ1v) is 15.6. The van der Waals surface area contributed by atoms with Crippen molar-refractivity contribution in [2.24, 2.45) is 0 Å². The minimum Gasteiger partial charge on any atom is -0.350 e. The zero-order chi connectivity index (χ0) is 30.5. The van der Waals surface area contributed by atoms with E-state index >= 15 is 0 Å². The van der Waals surface area contributed by atoms with Crippen molar-refractivity contribution < 1.29 is 18.0 Å². The van der Waals surface area contributed by atoms with Gasteiger partial charge < -0.3 is 10.2 Å². The molecule has 3 aromatic rings. The summed E-state index contributed by atoms with van der Waals surface area (Å²) in [4.78, 5) is 29.0. The Kier molecular flexibility index (Phi) is 10.7. The van der Waals surface area contributed by atoms with E-state index in [-0.39, 0.29) is 23.8 Å². The van der Waals surface area contributed by atoms with Crippen molar-refractivity contribution in [3.63, 3.8) is 0 Å². The Hall–Kier alpha value is -2.78. The van der Waals surface area contributed by atoms with Gasteiger partial charge in [-0.3, -0.25) is 13.9 Å². The van der Waals surface area contributed by atoms with E-state index in [1.807, 2.05) is 20.8 Å². The zero-order valence-electron chi connectivity index (χ0n) is 23.6. The Morgan fingerprint density at radius 1 is 0.902 bits per heavy atom. The van der Waals surface area contributed by atoms with Crippen molar-refractivity contribution in [1.82, 2.24) is 10.2 Å². The number of hydrogen-bond donors (Lipinski definition) is 1. The van der Waals surface area contributed by atoms with Gasteiger partial charge in [0.05, 0.1) is 10.6 Å². The second kappa shape index (κ2) is 13.5. The molecule has 220 valence electrons. The number of aryl methyl sites for hydroxylation is 1. The molecular formula is C30H34Cl3N3O4S. The fraction of sp³-hybridized carbons (Fsp3) is 0.333. The van der Waals surface area contributed by atoms with E-state index in [9.17, 15) is 18.0 Å². The molecule has 7 nitrogen and oxygen atoms in total. The van der Waals surface area contributed by atoms with Crippen LogP contribution in [-0.4, -0.2) is 43.3 Å². The minimum absolute atomic E-state index is 0.0313. The van der Waals surface area contributed by atoms with Crippen LogP contribution in [-0.2, 0) is 26.2 Å². The number of para-hydroxylation sites is 1. The number of nitrogens with one attached hydrogen (secondary N) is 1. The van der Waals surface area contributed by atoms with Crippen molar-refractivity contribution >= 4 is 62.3 Å². The number of rotatable bonds is 10. The zero-order valence-corrected chi connectivity index (χ0v) is 26.7. The van der Waals surface area contributed by atoms with Crippen LogP contribution in [0.5, 0.6) is 0 Å². The molecule has 0 aliphatic heterocycles. The first-order chi connectivity index (χ1) is 19.2. The van der Waals surface area contributed by atoms with Gasteiger partial charge in [-0.25, -0.2) is 8.42 Å². The largest absolute Gasteiger partial charge is 0.350 e. The molecule has 0 aromatic heterocycles. The van der Waals surface area contributed by atoms with Gasteiger partial charge in [-0.15, -0.1) is 0 Å². The molecule has 0 unspecified atom stereocenters. The number of nitrogens with zero attached hydrogens (tertiary/aromatic N) is 2. The number of hydrogen-bond acceptors (Lipinski definition) is 4. The number of carbonyl (C=O) groups is 2. The number of halogens is 3. The highest BCUT2D eigenvalue weighted by molar-refractivity contribution is 7.92. The number of benzene rings is 3. The van der Waals surface area contributed by atoms with Gasteiger partial charge in [0.2, 0.25) is 11.8 Å². The molecule has 0 heterocycles. The number of anilines is 1. The van der Waals surface area contributed by atoms with E-state index in [2.05, 4.69) is 5.32 Å². The SMILES string of the molecule is CC[C@H](C(=O)NC(C)(C)C)N(Cc1c(Cl)cccc1Cl)C(=O)CN(c1ccccc1C)S(=O)(=O)c1ccc(Cl)cc1. The molecule has 0 saturated heterocycles. The molecule has 0 radical (unpaired) electrons. The molecule has 0 bridgehead atoms. The summed E-state index contributed by atoms with van der Waals surface area (Å²) in [7, 11) is -4.22. The van der Waals surface area contributed by atoms with Gasteiger partial charge in [0.25, 0.3) is 10.0 Å². The molecule has 11 heteroatoms. The summed E-state index contributed by atoms with van der Waals surface area (Å²) >= 11 is 18.9. The summed E-state index contributed by atoms with van der Waals surface area (Å²) in [6, 6.07) is 16.6. The maximum Gasteiger partial charge on any atom is 0.264 e. The molecule has 0 aliphatic carbocycles. The van der Waals surface area contributed by atoms with Crippen molar-refractivity contribution in [3.05, 3.63) is 92.9 Å². The van der Waals surface area contributed by atoms with E-state index in [1.54, 1.807) is 56.3 Å². The summed E-state index contributed by atoms with van der Waals surface area (Å²) in [5.41, 5.74) is 0.871. The van der Waals surface area contributed by atoms with E-state index in [0.29, 0.717) is 31.9 Å². The smallest absolute Gasteiger partial charge is 0.264 e. The predicted octanol–water partition coefficient (Wildman–Crippen LogP) is 6.87. The molecule has 3 aromatic carbocycles. The van der Waals surface area contributed by atoms with Gasteiger partial charge in [-0.1, -0.05) is 66.0 Å². The lowest BCUT2D eigenvalue weighted by Gasteiger charge is -2.35. The summed E-state index contributed by atoms with van der Waals surface area (Å²) in [5, 5.41) is 3.96. The lowest BCUT2D eigenvalue weighted by atomic mass is 10.1. The lowest BCUT2D eigenvalue weighted by molar-refractivity contribution is -0.141. The van der Waals surface area contributed by atoms with Crippen LogP contribution < -0.4 is 9.62 Å². The maximum absolute atomic E-state index is 14.2. The van der Waals surface area contributed by atoms with Crippen molar-refractivity contribution in [3.8, 4) is 0 Å². The Morgan fingerprint density at radius 3 is 2.02 bits per heavy atom. The molecule has 0 spiro atoms. The minimum atomic E-state index is -4.22. The molecule has 1 atom stereocenters. The van der Waals surface area contributed by atoms with E-state index in [1.165, 1.54) is 29.2 Å². The van der Waals surface area contributed by atoms with Gasteiger partial charge in [-0.05, 0) is 82.1 Å². The van der Waals surface area contributed by atoms with Crippen molar-refractivity contribution in [1.29, 1.82) is 0 Å². The van der Waals surface area contributed by atoms with Gasteiger partial charge >= 0.3 is 0 Å². The van der Waals surface area contributed by atoms with Crippen LogP contribution in [0, 0.1) is 6.92 Å². The third-order valence-corrected chi connectivity index (χ3v) is 9.07. The summed E-state index contributed by atoms with van der Waals surface area (Å²) < 4.78 is 29.0. The topological polar surface area (TPSA) is 86.8 Å². The molecule has 3 rings (SSSR count). The lowest BCUT2D eigenvalue weighted by Crippen LogP contribution is -2.55. The highest BCUT2D eigenvalue weighted by Gasteiger charge is 2.35. The van der Waals surface area contributed by atoms with Crippen LogP contribution in [0.3, 0.4) is 0 Å². The third kappa shape index (κ3) is 8.16. The van der Waals surface area contributed by atoms with Gasteiger partial charge in [-0.2, -0.15) is 0 Å². The molecular weight excluding hydrogens is 605 g/mol. The molecule has 1 N–H and O–H groups in total. The van der Waals surface area contributed by atoms with Crippen LogP contribution in [0.4, 0.5) is 5.69 Å². The van der Waals surface area contributed by atoms with Gasteiger partial charge in [0.1, 0.15) is 12.6 Å². The van der Waals surface area contributed by atoms with Crippen LogP contribution in [0.15, 0.2) is 71.6 Å². The van der Waals surface area contributed by atoms with Gasteiger partial charge in [0.15, 0.2) is 0 Å². The predicted molar refractivity (Wildman–Crippen MR) is 166 cm³/mol. The maximum atomic E-state index is 14.2. The van der Waals surface area contributed by atoms with Crippen LogP contribution in [0.1, 0.15) is 45.2 Å². The van der Waals surface area contributed by atoms with Crippen LogP contribution >= 0.6 is 34.8 Å². The fourth-order valence-corrected chi connectivity index (χ4v) is 6.44. The molecule has 0 aliphatic rings. The number of sulfonamides is 1. The first-order valence-electron chi connectivity index (χ1n) is 13.0. The Balaban J connectivity index is 2.13. The number of amides is 2. The molecule has 0 fully saturated rings. The van der Waals surface area contributed by atoms with Crippen molar-refractivity contribution in [2.45, 2.75) is 64.1 Å². The Labute approximate surface area is 257 Å². The van der Waals surface area contributed by atoms with E-state index in [0.717, 1.165) is 4.31 Å². The van der Waals surface area contributed by atoms with Gasteiger partial charge in [0, 0.05) is 32.7 Å². The van der Waals surface area contributed by atoms with E-state index in [4.69, 9.17) is 34.8 Å². The van der Waals surface area contributed by atoms with Crippen molar-refractivity contribution in [2.75, 3.05) is 10.8 Å². The first kappa shape index (κ1) is 32.7. The third-order valence-electron chi connectivity index (χ3n) is 6.34. The molecule has 41 heavy (non-hydrogen) atoms. The second-order valence-corrected chi connectivity index (χ2v) is 13.8. The second-order valence-electron chi connectivity index (χ2n) is 10.6. The van der Waals surface area contributed by atoms with Crippen LogP contribution in [0.2, 0.25) is 15.1 Å². The Morgan fingerprint density at radius 2 is 1.49 bits per heavy atom. The number of carbonyl (C=O) groups excluding carboxylic acids is 2. The standard InChI is InChI=1S/C30H34Cl3N3O4S/c1-6-26(29(38)34-30(3,4)5)35(18-23-24(32)11-9-12-25(23)33)28(37)19-36(27-13-8-7-10-20(27)2)41(39,40)22-16-14-21(31)15-17-22/h7-17,26H,6,18-19H2,1-5H3,(H,34,38)/t26-/m1/s1. The average Bonchev–Trinajstić information content (AvgIpc) is 2.88. The highest BCUT2D eigenvalue weighted by atomic mass is 35.5. The Bertz CT molecular complexity index is 1490. The monoisotopic (exact) mass is 637 g/mol. The van der Waals surface area contributed by atoms with Crippen LogP contribution in [0.25, 0.3) is 0 Å². The average molecular weight is 639 g/mol. The molecule has 2 amide bonds. The molecule has 0 saturated carbocycles. The summed E-state index contributed by atoms with van der Waals surface area (Å²) in [5.74, 6) is -0.975. The fourth-order valence-electron chi connectivity index (χ4n) is 4.32. The normalized spacial score (nSPS) is 12.5. The summed E-state index contributed by atoms with van der Waals surface area (Å²) in [6.45, 7) is 8.39. The quantitative estimate of drug-likeness (QED) is 0.263. The van der Waals surface area contributed by atoms with E-state index < -0.39 is 34.1 Å². The highest BCUT2D eigenvalue weighted by Crippen LogP contribution is 2.30.